The van der Waals surface area contributed by atoms with Crippen molar-refractivity contribution in [3.8, 4) is 0 Å². The van der Waals surface area contributed by atoms with Crippen LogP contribution in [0.25, 0.3) is 0 Å². The van der Waals surface area contributed by atoms with Crippen molar-refractivity contribution in [2.45, 2.75) is 46.1 Å². The number of halogens is 1. The molecule has 0 saturated carbocycles. The molecule has 1 nitrogen and oxygen atoms in total. The molecule has 0 aliphatic rings. The lowest BCUT2D eigenvalue weighted by molar-refractivity contribution is 0.419. The Kier molecular flexibility index (Phi) is 7.54. The molecule has 96 valence electrons. The number of unbranched alkanes of at least 4 members (excludes halogenated alkanes) is 1. The molecule has 1 aromatic carbocycles. The van der Waals surface area contributed by atoms with Crippen LogP contribution in [-0.4, -0.2) is 6.54 Å². The normalized spacial score (nSPS) is 12.6. The zero-order valence-electron chi connectivity index (χ0n) is 11.0. The summed E-state index contributed by atoms with van der Waals surface area (Å²) in [4.78, 5) is 0. The van der Waals surface area contributed by atoms with Crippen LogP contribution >= 0.6 is 15.9 Å². The monoisotopic (exact) mass is 297 g/mol. The van der Waals surface area contributed by atoms with Crippen molar-refractivity contribution >= 4 is 15.9 Å². The van der Waals surface area contributed by atoms with Gasteiger partial charge in [-0.15, -0.1) is 0 Å². The minimum atomic E-state index is 0.831. The first-order chi connectivity index (χ1) is 8.27. The molecule has 2 heteroatoms. The Labute approximate surface area is 114 Å². The van der Waals surface area contributed by atoms with Gasteiger partial charge in [-0.1, -0.05) is 67.2 Å². The SMILES string of the molecule is CCCCC(CC)CNCc1ccccc1Br. The summed E-state index contributed by atoms with van der Waals surface area (Å²) in [7, 11) is 0. The first-order valence-electron chi connectivity index (χ1n) is 6.72. The molecule has 0 aromatic heterocycles. The van der Waals surface area contributed by atoms with Crippen LogP contribution in [0.4, 0.5) is 0 Å². The summed E-state index contributed by atoms with van der Waals surface area (Å²) in [6.45, 7) is 6.66. The van der Waals surface area contributed by atoms with Crippen LogP contribution in [0.3, 0.4) is 0 Å². The van der Waals surface area contributed by atoms with E-state index in [2.05, 4.69) is 59.4 Å². The number of hydrogen-bond acceptors (Lipinski definition) is 1. The highest BCUT2D eigenvalue weighted by Crippen LogP contribution is 2.16. The molecule has 0 aliphatic heterocycles. The van der Waals surface area contributed by atoms with E-state index < -0.39 is 0 Å². The van der Waals surface area contributed by atoms with E-state index in [9.17, 15) is 0 Å². The number of rotatable bonds is 8. The van der Waals surface area contributed by atoms with Crippen molar-refractivity contribution in [2.24, 2.45) is 5.92 Å². The average Bonchev–Trinajstić information content (AvgIpc) is 2.35. The summed E-state index contributed by atoms with van der Waals surface area (Å²) in [6, 6.07) is 8.43. The first kappa shape index (κ1) is 14.7. The van der Waals surface area contributed by atoms with Gasteiger partial charge in [0.25, 0.3) is 0 Å². The van der Waals surface area contributed by atoms with E-state index in [1.807, 2.05) is 0 Å². The zero-order valence-corrected chi connectivity index (χ0v) is 12.6. The van der Waals surface area contributed by atoms with Crippen LogP contribution in [0.1, 0.15) is 45.1 Å². The molecule has 1 N–H and O–H groups in total. The Morgan fingerprint density at radius 1 is 1.24 bits per heavy atom. The van der Waals surface area contributed by atoms with Gasteiger partial charge in [0.2, 0.25) is 0 Å². The third-order valence-corrected chi connectivity index (χ3v) is 4.02. The Bertz CT molecular complexity index is 312. The summed E-state index contributed by atoms with van der Waals surface area (Å²) in [5.74, 6) is 0.831. The van der Waals surface area contributed by atoms with Crippen LogP contribution in [0.15, 0.2) is 28.7 Å². The maximum atomic E-state index is 3.58. The van der Waals surface area contributed by atoms with Crippen molar-refractivity contribution < 1.29 is 0 Å². The Morgan fingerprint density at radius 2 is 2.00 bits per heavy atom. The fourth-order valence-electron chi connectivity index (χ4n) is 2.00. The summed E-state index contributed by atoms with van der Waals surface area (Å²) >= 11 is 3.58. The van der Waals surface area contributed by atoms with Crippen molar-refractivity contribution in [2.75, 3.05) is 6.54 Å². The van der Waals surface area contributed by atoms with Crippen LogP contribution in [-0.2, 0) is 6.54 Å². The third kappa shape index (κ3) is 5.69. The third-order valence-electron chi connectivity index (χ3n) is 3.25. The summed E-state index contributed by atoms with van der Waals surface area (Å²) in [5.41, 5.74) is 1.35. The fraction of sp³-hybridized carbons (Fsp3) is 0.600. The molecule has 0 spiro atoms. The number of benzene rings is 1. The van der Waals surface area contributed by atoms with Crippen molar-refractivity contribution in [1.82, 2.24) is 5.32 Å². The van der Waals surface area contributed by atoms with Gasteiger partial charge in [-0.05, 0) is 30.5 Å². The molecule has 0 saturated heterocycles. The van der Waals surface area contributed by atoms with E-state index in [-0.39, 0.29) is 0 Å². The molecule has 1 atom stereocenters. The highest BCUT2D eigenvalue weighted by Gasteiger charge is 2.05. The number of hydrogen-bond donors (Lipinski definition) is 1. The van der Waals surface area contributed by atoms with E-state index in [0.29, 0.717) is 0 Å². The maximum Gasteiger partial charge on any atom is 0.0220 e. The lowest BCUT2D eigenvalue weighted by Gasteiger charge is -2.15. The van der Waals surface area contributed by atoms with Crippen molar-refractivity contribution in [3.05, 3.63) is 34.3 Å². The molecule has 0 amide bonds. The van der Waals surface area contributed by atoms with Crippen molar-refractivity contribution in [3.63, 3.8) is 0 Å². The molecule has 17 heavy (non-hydrogen) atoms. The van der Waals surface area contributed by atoms with Gasteiger partial charge in [-0.2, -0.15) is 0 Å². The van der Waals surface area contributed by atoms with E-state index >= 15 is 0 Å². The predicted octanol–water partition coefficient (Wildman–Crippen LogP) is 4.76. The smallest absolute Gasteiger partial charge is 0.0220 e. The second-order valence-electron chi connectivity index (χ2n) is 4.64. The molecule has 0 fully saturated rings. The van der Waals surface area contributed by atoms with E-state index in [4.69, 9.17) is 0 Å². The van der Waals surface area contributed by atoms with Gasteiger partial charge in [-0.25, -0.2) is 0 Å². The average molecular weight is 298 g/mol. The maximum absolute atomic E-state index is 3.58. The second-order valence-corrected chi connectivity index (χ2v) is 5.49. The van der Waals surface area contributed by atoms with Crippen LogP contribution in [0, 0.1) is 5.92 Å². The first-order valence-corrected chi connectivity index (χ1v) is 7.51. The minimum absolute atomic E-state index is 0.831. The number of nitrogens with one attached hydrogen (secondary N) is 1. The minimum Gasteiger partial charge on any atom is -0.312 e. The summed E-state index contributed by atoms with van der Waals surface area (Å²) in [5, 5.41) is 3.57. The van der Waals surface area contributed by atoms with Gasteiger partial charge < -0.3 is 5.32 Å². The van der Waals surface area contributed by atoms with Gasteiger partial charge in [-0.3, -0.25) is 0 Å². The molecule has 0 radical (unpaired) electrons. The van der Waals surface area contributed by atoms with Gasteiger partial charge in [0, 0.05) is 11.0 Å². The summed E-state index contributed by atoms with van der Waals surface area (Å²) < 4.78 is 1.20. The standard InChI is InChI=1S/C15H24BrN/c1-3-5-8-13(4-2)11-17-12-14-9-6-7-10-15(14)16/h6-7,9-10,13,17H,3-5,8,11-12H2,1-2H3. The lowest BCUT2D eigenvalue weighted by Crippen LogP contribution is -2.22. The Hall–Kier alpha value is -0.340. The van der Waals surface area contributed by atoms with Crippen LogP contribution in [0.5, 0.6) is 0 Å². The molecule has 0 bridgehead atoms. The predicted molar refractivity (Wildman–Crippen MR) is 79.2 cm³/mol. The van der Waals surface area contributed by atoms with Crippen molar-refractivity contribution in [1.29, 1.82) is 0 Å². The molecular weight excluding hydrogens is 274 g/mol. The molecule has 1 rings (SSSR count). The fourth-order valence-corrected chi connectivity index (χ4v) is 2.42. The van der Waals surface area contributed by atoms with Crippen LogP contribution in [0.2, 0.25) is 0 Å². The van der Waals surface area contributed by atoms with Gasteiger partial charge in [0.15, 0.2) is 0 Å². The Morgan fingerprint density at radius 3 is 2.65 bits per heavy atom. The quantitative estimate of drug-likeness (QED) is 0.730. The van der Waals surface area contributed by atoms with Gasteiger partial charge in [0.1, 0.15) is 0 Å². The molecule has 1 unspecified atom stereocenters. The van der Waals surface area contributed by atoms with E-state index in [0.717, 1.165) is 19.0 Å². The molecule has 0 aliphatic carbocycles. The zero-order chi connectivity index (χ0) is 12.5. The molecular formula is C15H24BrN. The summed E-state index contributed by atoms with van der Waals surface area (Å²) in [6.07, 6.45) is 5.30. The largest absolute Gasteiger partial charge is 0.312 e. The topological polar surface area (TPSA) is 12.0 Å². The highest BCUT2D eigenvalue weighted by atomic mass is 79.9. The van der Waals surface area contributed by atoms with Gasteiger partial charge >= 0.3 is 0 Å². The van der Waals surface area contributed by atoms with E-state index in [1.165, 1.54) is 35.7 Å². The molecule has 1 aromatic rings. The van der Waals surface area contributed by atoms with Crippen LogP contribution < -0.4 is 5.32 Å². The highest BCUT2D eigenvalue weighted by molar-refractivity contribution is 9.10. The van der Waals surface area contributed by atoms with E-state index in [1.54, 1.807) is 0 Å². The van der Waals surface area contributed by atoms with Gasteiger partial charge in [0.05, 0.1) is 0 Å². The second kappa shape index (κ2) is 8.71. The Balaban J connectivity index is 2.28. The lowest BCUT2D eigenvalue weighted by atomic mass is 9.99. The molecule has 0 heterocycles.